The summed E-state index contributed by atoms with van der Waals surface area (Å²) in [6.45, 7) is 3.70. The van der Waals surface area contributed by atoms with E-state index in [1.165, 1.54) is 23.1 Å². The number of nitrogens with one attached hydrogen (secondary N) is 2. The molecule has 4 aromatic heterocycles. The van der Waals surface area contributed by atoms with Crippen LogP contribution in [-0.2, 0) is 0 Å². The Morgan fingerprint density at radius 1 is 1.31 bits per heavy atom. The molecule has 132 valence electrons. The van der Waals surface area contributed by atoms with Crippen LogP contribution >= 0.6 is 0 Å². The Bertz CT molecular complexity index is 1150. The highest BCUT2D eigenvalue weighted by atomic mass is 19.1. The second-order valence-corrected chi connectivity index (χ2v) is 6.14. The van der Waals surface area contributed by atoms with Crippen molar-refractivity contribution in [3.05, 3.63) is 48.2 Å². The molecule has 0 fully saturated rings. The molecule has 4 heterocycles. The summed E-state index contributed by atoms with van der Waals surface area (Å²) in [5.74, 6) is -1.76. The van der Waals surface area contributed by atoms with Crippen LogP contribution in [0.15, 0.2) is 31.0 Å². The number of aromatic amines is 1. The predicted octanol–water partition coefficient (Wildman–Crippen LogP) is 2.69. The summed E-state index contributed by atoms with van der Waals surface area (Å²) in [5.41, 5.74) is 1.70. The number of rotatable bonds is 3. The zero-order chi connectivity index (χ0) is 18.4. The molecule has 0 saturated carbocycles. The van der Waals surface area contributed by atoms with Crippen LogP contribution in [0.25, 0.3) is 28.1 Å². The van der Waals surface area contributed by atoms with Crippen LogP contribution in [0.4, 0.5) is 8.78 Å². The van der Waals surface area contributed by atoms with E-state index in [2.05, 4.69) is 25.3 Å². The number of hydrogen-bond acceptors (Lipinski definition) is 4. The van der Waals surface area contributed by atoms with E-state index < -0.39 is 11.6 Å². The fourth-order valence-corrected chi connectivity index (χ4v) is 2.76. The van der Waals surface area contributed by atoms with Crippen molar-refractivity contribution in [1.29, 1.82) is 0 Å². The molecule has 9 heteroatoms. The van der Waals surface area contributed by atoms with E-state index in [1.807, 2.05) is 13.8 Å². The fraction of sp³-hybridized carbons (Fsp3) is 0.176. The summed E-state index contributed by atoms with van der Waals surface area (Å²) in [4.78, 5) is 28.0. The number of nitrogens with zero attached hydrogens (tertiary/aromatic N) is 4. The van der Waals surface area contributed by atoms with Gasteiger partial charge in [-0.3, -0.25) is 4.79 Å². The van der Waals surface area contributed by atoms with E-state index in [1.54, 1.807) is 0 Å². The molecule has 0 unspecified atom stereocenters. The highest BCUT2D eigenvalue weighted by molar-refractivity contribution is 6.04. The van der Waals surface area contributed by atoms with Crippen LogP contribution in [0.1, 0.15) is 24.2 Å². The van der Waals surface area contributed by atoms with Gasteiger partial charge in [0.25, 0.3) is 5.91 Å². The molecular weight excluding hydrogens is 342 g/mol. The van der Waals surface area contributed by atoms with Crippen molar-refractivity contribution in [2.75, 3.05) is 0 Å². The number of aromatic nitrogens is 5. The lowest BCUT2D eigenvalue weighted by molar-refractivity contribution is 0.0944. The minimum Gasteiger partial charge on any atom is -0.350 e. The number of imidazole rings is 1. The molecule has 4 aromatic rings. The van der Waals surface area contributed by atoms with Crippen LogP contribution in [-0.4, -0.2) is 36.3 Å². The van der Waals surface area contributed by atoms with E-state index in [4.69, 9.17) is 0 Å². The van der Waals surface area contributed by atoms with Gasteiger partial charge in [-0.05, 0) is 13.8 Å². The molecule has 0 aliphatic carbocycles. The maximum Gasteiger partial charge on any atom is 0.255 e. The number of hydrogen-bond donors (Lipinski definition) is 2. The second kappa shape index (κ2) is 5.87. The van der Waals surface area contributed by atoms with Gasteiger partial charge in [-0.1, -0.05) is 0 Å². The normalized spacial score (nSPS) is 11.6. The van der Waals surface area contributed by atoms with Gasteiger partial charge in [0.1, 0.15) is 34.6 Å². The van der Waals surface area contributed by atoms with E-state index in [0.717, 1.165) is 12.3 Å². The third-order valence-corrected chi connectivity index (χ3v) is 3.83. The SMILES string of the molecule is CC(C)NC(=O)c1c[nH]c2ncc(-c3ncn4cc(F)cc(F)c34)nc12. The number of H-pyrrole nitrogens is 1. The predicted molar refractivity (Wildman–Crippen MR) is 90.6 cm³/mol. The van der Waals surface area contributed by atoms with Gasteiger partial charge < -0.3 is 14.7 Å². The molecule has 2 N–H and O–H groups in total. The molecule has 0 atom stereocenters. The molecule has 0 aliphatic rings. The lowest BCUT2D eigenvalue weighted by Crippen LogP contribution is -2.29. The van der Waals surface area contributed by atoms with Gasteiger partial charge in [-0.15, -0.1) is 0 Å². The highest BCUT2D eigenvalue weighted by Crippen LogP contribution is 2.26. The molecule has 4 rings (SSSR count). The van der Waals surface area contributed by atoms with Crippen molar-refractivity contribution in [3.8, 4) is 11.4 Å². The lowest BCUT2D eigenvalue weighted by atomic mass is 10.2. The van der Waals surface area contributed by atoms with Crippen molar-refractivity contribution in [2.24, 2.45) is 0 Å². The molecule has 1 amide bonds. The summed E-state index contributed by atoms with van der Waals surface area (Å²) in [6.07, 6.45) is 5.37. The number of carbonyl (C=O) groups excluding carboxylic acids is 1. The third-order valence-electron chi connectivity index (χ3n) is 3.83. The standard InChI is InChI=1S/C17H14F2N6O/c1-8(2)23-17(26)10-4-20-16-13(10)24-12(5-21-16)14-15-11(19)3-9(18)6-25(15)7-22-14/h3-8H,1-2H3,(H,20,21)(H,23,26). The van der Waals surface area contributed by atoms with Crippen molar-refractivity contribution in [1.82, 2.24) is 29.7 Å². The van der Waals surface area contributed by atoms with Gasteiger partial charge in [0.15, 0.2) is 11.5 Å². The Hall–Kier alpha value is -3.36. The van der Waals surface area contributed by atoms with Crippen LogP contribution in [0.2, 0.25) is 0 Å². The Morgan fingerprint density at radius 3 is 2.88 bits per heavy atom. The number of halogens is 2. The first-order valence-corrected chi connectivity index (χ1v) is 7.91. The fourth-order valence-electron chi connectivity index (χ4n) is 2.76. The number of pyridine rings is 1. The molecule has 0 radical (unpaired) electrons. The van der Waals surface area contributed by atoms with Crippen LogP contribution in [0.3, 0.4) is 0 Å². The summed E-state index contributed by atoms with van der Waals surface area (Å²) in [7, 11) is 0. The molecular formula is C17H14F2N6O. The van der Waals surface area contributed by atoms with E-state index in [0.29, 0.717) is 16.7 Å². The minimum absolute atomic E-state index is 0.0373. The van der Waals surface area contributed by atoms with Crippen LogP contribution in [0.5, 0.6) is 0 Å². The van der Waals surface area contributed by atoms with Crippen molar-refractivity contribution >= 4 is 22.6 Å². The molecule has 0 saturated heterocycles. The number of fused-ring (bicyclic) bond motifs is 2. The van der Waals surface area contributed by atoms with E-state index in [9.17, 15) is 13.6 Å². The van der Waals surface area contributed by atoms with Crippen LogP contribution < -0.4 is 5.32 Å². The Kier molecular flexibility index (Phi) is 3.64. The second-order valence-electron chi connectivity index (χ2n) is 6.14. The maximum absolute atomic E-state index is 14.2. The maximum atomic E-state index is 14.2. The topological polar surface area (TPSA) is 88.0 Å². The van der Waals surface area contributed by atoms with E-state index in [-0.39, 0.29) is 28.9 Å². The molecule has 26 heavy (non-hydrogen) atoms. The Labute approximate surface area is 146 Å². The molecule has 0 bridgehead atoms. The molecule has 0 spiro atoms. The first-order chi connectivity index (χ1) is 12.4. The van der Waals surface area contributed by atoms with Gasteiger partial charge in [0.2, 0.25) is 0 Å². The summed E-state index contributed by atoms with van der Waals surface area (Å²) >= 11 is 0. The summed E-state index contributed by atoms with van der Waals surface area (Å²) in [6, 6.07) is 0.745. The number of carbonyl (C=O) groups is 1. The molecule has 7 nitrogen and oxygen atoms in total. The minimum atomic E-state index is -0.758. The Morgan fingerprint density at radius 2 is 2.12 bits per heavy atom. The van der Waals surface area contributed by atoms with Gasteiger partial charge in [0.05, 0.1) is 11.8 Å². The summed E-state index contributed by atoms with van der Waals surface area (Å²) < 4.78 is 28.8. The lowest BCUT2D eigenvalue weighted by Gasteiger charge is -2.07. The number of amides is 1. The van der Waals surface area contributed by atoms with Gasteiger partial charge in [0, 0.05) is 24.5 Å². The average molecular weight is 356 g/mol. The zero-order valence-electron chi connectivity index (χ0n) is 13.9. The third kappa shape index (κ3) is 2.57. The first-order valence-electron chi connectivity index (χ1n) is 7.91. The van der Waals surface area contributed by atoms with Gasteiger partial charge in [-0.2, -0.15) is 0 Å². The first kappa shape index (κ1) is 16.1. The average Bonchev–Trinajstić information content (AvgIpc) is 3.17. The quantitative estimate of drug-likeness (QED) is 0.591. The Balaban J connectivity index is 1.87. The van der Waals surface area contributed by atoms with Gasteiger partial charge in [-0.25, -0.2) is 23.7 Å². The smallest absolute Gasteiger partial charge is 0.255 e. The van der Waals surface area contributed by atoms with Crippen molar-refractivity contribution < 1.29 is 13.6 Å². The van der Waals surface area contributed by atoms with E-state index >= 15 is 0 Å². The van der Waals surface area contributed by atoms with Crippen molar-refractivity contribution in [2.45, 2.75) is 19.9 Å². The largest absolute Gasteiger partial charge is 0.350 e. The monoisotopic (exact) mass is 356 g/mol. The van der Waals surface area contributed by atoms with Crippen molar-refractivity contribution in [3.63, 3.8) is 0 Å². The highest BCUT2D eigenvalue weighted by Gasteiger charge is 2.19. The molecule has 0 aromatic carbocycles. The van der Waals surface area contributed by atoms with Gasteiger partial charge >= 0.3 is 0 Å². The summed E-state index contributed by atoms with van der Waals surface area (Å²) in [5, 5.41) is 2.79. The zero-order valence-corrected chi connectivity index (χ0v) is 13.9. The van der Waals surface area contributed by atoms with Crippen LogP contribution in [0, 0.1) is 11.6 Å². The molecule has 0 aliphatic heterocycles.